The zero-order valence-corrected chi connectivity index (χ0v) is 12.4. The van der Waals surface area contributed by atoms with Gasteiger partial charge >= 0.3 is 0 Å². The lowest BCUT2D eigenvalue weighted by molar-refractivity contribution is -0.114. The fourth-order valence-electron chi connectivity index (χ4n) is 3.63. The number of benzene rings is 2. The highest BCUT2D eigenvalue weighted by atomic mass is 16.1. The summed E-state index contributed by atoms with van der Waals surface area (Å²) < 4.78 is 0. The number of carbonyl (C=O) groups excluding carboxylic acids is 1. The first-order valence-electron chi connectivity index (χ1n) is 7.86. The molecule has 0 fully saturated rings. The van der Waals surface area contributed by atoms with E-state index in [1.54, 1.807) is 0 Å². The van der Waals surface area contributed by atoms with Crippen molar-refractivity contribution in [2.24, 2.45) is 5.92 Å². The summed E-state index contributed by atoms with van der Waals surface area (Å²) in [7, 11) is 0. The predicted octanol–water partition coefficient (Wildman–Crippen LogP) is 4.25. The van der Waals surface area contributed by atoms with E-state index in [1.807, 2.05) is 36.4 Å². The van der Waals surface area contributed by atoms with Gasteiger partial charge in [0.25, 0.3) is 0 Å². The normalized spacial score (nSPS) is 21.9. The van der Waals surface area contributed by atoms with E-state index in [0.29, 0.717) is 18.3 Å². The van der Waals surface area contributed by atoms with Crippen molar-refractivity contribution in [3.05, 3.63) is 95.1 Å². The quantitative estimate of drug-likeness (QED) is 0.824. The van der Waals surface area contributed by atoms with Gasteiger partial charge in [-0.3, -0.25) is 4.79 Å². The molecule has 1 nitrogen and oxygen atoms in total. The molecule has 22 heavy (non-hydrogen) atoms. The summed E-state index contributed by atoms with van der Waals surface area (Å²) >= 11 is 0. The minimum Gasteiger partial charge on any atom is -0.294 e. The van der Waals surface area contributed by atoms with Gasteiger partial charge < -0.3 is 0 Å². The van der Waals surface area contributed by atoms with Crippen molar-refractivity contribution in [2.45, 2.75) is 18.8 Å². The Balaban J connectivity index is 1.55. The van der Waals surface area contributed by atoms with Gasteiger partial charge in [-0.15, -0.1) is 0 Å². The topological polar surface area (TPSA) is 17.1 Å². The van der Waals surface area contributed by atoms with E-state index in [0.717, 1.165) is 17.6 Å². The van der Waals surface area contributed by atoms with Crippen LogP contribution in [0.1, 0.15) is 22.6 Å². The van der Waals surface area contributed by atoms with Crippen LogP contribution in [0.2, 0.25) is 0 Å². The predicted molar refractivity (Wildman–Crippen MR) is 88.8 cm³/mol. The van der Waals surface area contributed by atoms with E-state index in [9.17, 15) is 4.79 Å². The van der Waals surface area contributed by atoms with E-state index in [4.69, 9.17) is 0 Å². The Morgan fingerprint density at radius 1 is 1.00 bits per heavy atom. The van der Waals surface area contributed by atoms with Crippen LogP contribution < -0.4 is 0 Å². The highest BCUT2D eigenvalue weighted by Crippen LogP contribution is 2.42. The van der Waals surface area contributed by atoms with Crippen molar-refractivity contribution in [3.63, 3.8) is 0 Å². The van der Waals surface area contributed by atoms with Gasteiger partial charge in [-0.05, 0) is 29.0 Å². The van der Waals surface area contributed by atoms with Crippen LogP contribution in [0.3, 0.4) is 0 Å². The Labute approximate surface area is 131 Å². The first kappa shape index (κ1) is 13.3. The molecule has 0 radical (unpaired) electrons. The molecule has 2 aromatic rings. The first-order chi connectivity index (χ1) is 10.8. The van der Waals surface area contributed by atoms with Gasteiger partial charge in [0.15, 0.2) is 5.78 Å². The smallest absolute Gasteiger partial charge is 0.166 e. The second-order valence-electron chi connectivity index (χ2n) is 6.16. The molecule has 2 atom stereocenters. The van der Waals surface area contributed by atoms with E-state index < -0.39 is 0 Å². The fourth-order valence-corrected chi connectivity index (χ4v) is 3.63. The van der Waals surface area contributed by atoms with Crippen molar-refractivity contribution in [1.82, 2.24) is 0 Å². The van der Waals surface area contributed by atoms with Gasteiger partial charge in [-0.25, -0.2) is 0 Å². The second-order valence-corrected chi connectivity index (χ2v) is 6.16. The van der Waals surface area contributed by atoms with Crippen molar-refractivity contribution >= 4 is 5.78 Å². The fraction of sp³-hybridized carbons (Fsp3) is 0.190. The Bertz CT molecular complexity index is 768. The molecule has 0 saturated heterocycles. The number of allylic oxidation sites excluding steroid dienone is 4. The van der Waals surface area contributed by atoms with E-state index in [1.165, 1.54) is 11.1 Å². The number of hydrogen-bond acceptors (Lipinski definition) is 1. The van der Waals surface area contributed by atoms with Gasteiger partial charge in [-0.1, -0.05) is 72.8 Å². The molecule has 2 aliphatic rings. The molecule has 2 aromatic carbocycles. The zero-order valence-electron chi connectivity index (χ0n) is 12.4. The van der Waals surface area contributed by atoms with Crippen LogP contribution in [0.4, 0.5) is 0 Å². The average Bonchev–Trinajstić information content (AvgIpc) is 2.93. The lowest BCUT2D eigenvalue weighted by atomic mass is 9.84. The van der Waals surface area contributed by atoms with Crippen LogP contribution in [0, 0.1) is 5.92 Å². The molecule has 0 saturated carbocycles. The van der Waals surface area contributed by atoms with E-state index in [-0.39, 0.29) is 5.78 Å². The summed E-state index contributed by atoms with van der Waals surface area (Å²) in [6.45, 7) is 0. The summed E-state index contributed by atoms with van der Waals surface area (Å²) in [5, 5.41) is 0. The Hall–Kier alpha value is -2.41. The summed E-state index contributed by atoms with van der Waals surface area (Å²) in [5.74, 6) is 1.11. The summed E-state index contributed by atoms with van der Waals surface area (Å²) in [5.41, 5.74) is 4.81. The SMILES string of the molecule is O=C(Cc1ccccc1)C1=C[C@H]2Cc3ccccc3[C@@H]2C=C1. The maximum Gasteiger partial charge on any atom is 0.166 e. The molecule has 2 aliphatic carbocycles. The first-order valence-corrected chi connectivity index (χ1v) is 7.86. The summed E-state index contributed by atoms with van der Waals surface area (Å²) in [6, 6.07) is 18.6. The Kier molecular flexibility index (Phi) is 3.27. The third-order valence-electron chi connectivity index (χ3n) is 4.74. The highest BCUT2D eigenvalue weighted by molar-refractivity contribution is 5.99. The largest absolute Gasteiger partial charge is 0.294 e. The number of ketones is 1. The van der Waals surface area contributed by atoms with Crippen LogP contribution >= 0.6 is 0 Å². The number of carbonyl (C=O) groups is 1. The van der Waals surface area contributed by atoms with Crippen LogP contribution in [0.25, 0.3) is 0 Å². The molecule has 108 valence electrons. The molecule has 0 amide bonds. The highest BCUT2D eigenvalue weighted by Gasteiger charge is 2.31. The van der Waals surface area contributed by atoms with Crippen LogP contribution in [0.5, 0.6) is 0 Å². The van der Waals surface area contributed by atoms with E-state index >= 15 is 0 Å². The maximum atomic E-state index is 12.5. The Morgan fingerprint density at radius 2 is 1.77 bits per heavy atom. The third kappa shape index (κ3) is 2.33. The minimum atomic E-state index is 0.219. The van der Waals surface area contributed by atoms with Crippen LogP contribution in [-0.4, -0.2) is 5.78 Å². The van der Waals surface area contributed by atoms with Crippen LogP contribution in [0.15, 0.2) is 78.4 Å². The molecule has 0 bridgehead atoms. The molecule has 0 spiro atoms. The summed E-state index contributed by atoms with van der Waals surface area (Å²) in [6.07, 6.45) is 7.97. The van der Waals surface area contributed by atoms with E-state index in [2.05, 4.69) is 36.4 Å². The minimum absolute atomic E-state index is 0.219. The molecule has 0 unspecified atom stereocenters. The van der Waals surface area contributed by atoms with Crippen LogP contribution in [-0.2, 0) is 17.6 Å². The lowest BCUT2D eigenvalue weighted by Crippen LogP contribution is -2.13. The van der Waals surface area contributed by atoms with Gasteiger partial charge in [0.05, 0.1) is 0 Å². The third-order valence-corrected chi connectivity index (χ3v) is 4.74. The number of fused-ring (bicyclic) bond motifs is 3. The second kappa shape index (κ2) is 5.42. The zero-order chi connectivity index (χ0) is 14.9. The van der Waals surface area contributed by atoms with Crippen molar-refractivity contribution in [2.75, 3.05) is 0 Å². The average molecular weight is 286 g/mol. The van der Waals surface area contributed by atoms with Crippen molar-refractivity contribution in [3.8, 4) is 0 Å². The monoisotopic (exact) mass is 286 g/mol. The molecule has 0 heterocycles. The summed E-state index contributed by atoms with van der Waals surface area (Å²) in [4.78, 5) is 12.5. The molecule has 1 heteroatoms. The number of rotatable bonds is 3. The van der Waals surface area contributed by atoms with Crippen molar-refractivity contribution < 1.29 is 4.79 Å². The van der Waals surface area contributed by atoms with Crippen molar-refractivity contribution in [1.29, 1.82) is 0 Å². The van der Waals surface area contributed by atoms with Gasteiger partial charge in [0.1, 0.15) is 0 Å². The molecule has 4 rings (SSSR count). The molecule has 0 aliphatic heterocycles. The lowest BCUT2D eigenvalue weighted by Gasteiger charge is -2.19. The molecular weight excluding hydrogens is 268 g/mol. The van der Waals surface area contributed by atoms with Gasteiger partial charge in [-0.2, -0.15) is 0 Å². The molecular formula is C21H18O. The number of Topliss-reactive ketones (excluding diaryl/α,β-unsaturated/α-hetero) is 1. The molecule has 0 aromatic heterocycles. The Morgan fingerprint density at radius 3 is 2.64 bits per heavy atom. The standard InChI is InChI=1S/C21H18O/c22-21(12-15-6-2-1-3-7-15)17-10-11-20-18(14-17)13-16-8-4-5-9-19(16)20/h1-11,14,18,20H,12-13H2/t18-,20-/m1/s1. The van der Waals surface area contributed by atoms with Gasteiger partial charge in [0, 0.05) is 17.9 Å². The number of hydrogen-bond donors (Lipinski definition) is 0. The molecule has 0 N–H and O–H groups in total. The van der Waals surface area contributed by atoms with Gasteiger partial charge in [0.2, 0.25) is 0 Å². The maximum absolute atomic E-state index is 12.5.